The number of benzene rings is 1. The average molecular weight is 340 g/mol. The molecule has 2 heterocycles. The van der Waals surface area contributed by atoms with Crippen molar-refractivity contribution >= 4 is 11.9 Å². The summed E-state index contributed by atoms with van der Waals surface area (Å²) in [4.78, 5) is 24.9. The molecule has 6 nitrogen and oxygen atoms in total. The maximum absolute atomic E-state index is 12.7. The smallest absolute Gasteiger partial charge is 0.253 e. The summed E-state index contributed by atoms with van der Waals surface area (Å²) in [6.07, 6.45) is 4.87. The van der Waals surface area contributed by atoms with Gasteiger partial charge in [0.1, 0.15) is 0 Å². The van der Waals surface area contributed by atoms with Crippen LogP contribution in [-0.2, 0) is 16.0 Å². The van der Waals surface area contributed by atoms with Crippen LogP contribution in [-0.4, -0.2) is 60.2 Å². The molecule has 1 aromatic heterocycles. The lowest BCUT2D eigenvalue weighted by atomic mass is 10.1. The number of likely N-dealkylation sites (N-methyl/N-ethyl adjacent to an activating group) is 1. The van der Waals surface area contributed by atoms with Gasteiger partial charge in [-0.1, -0.05) is 30.3 Å². The lowest BCUT2D eigenvalue weighted by Gasteiger charge is -2.34. The maximum Gasteiger partial charge on any atom is 0.253 e. The first-order valence-corrected chi connectivity index (χ1v) is 8.66. The summed E-state index contributed by atoms with van der Waals surface area (Å²) in [7, 11) is 1.84. The Kier molecular flexibility index (Phi) is 5.95. The first kappa shape index (κ1) is 17.4. The number of carbonyl (C=O) groups is 1. The summed E-state index contributed by atoms with van der Waals surface area (Å²) < 4.78 is 5.69. The van der Waals surface area contributed by atoms with Crippen LogP contribution in [0.15, 0.2) is 48.8 Å². The van der Waals surface area contributed by atoms with E-state index in [1.165, 1.54) is 5.56 Å². The van der Waals surface area contributed by atoms with E-state index in [0.29, 0.717) is 25.6 Å². The Hall–Kier alpha value is -2.47. The predicted molar refractivity (Wildman–Crippen MR) is 96.4 cm³/mol. The van der Waals surface area contributed by atoms with Crippen molar-refractivity contribution in [1.82, 2.24) is 14.9 Å². The van der Waals surface area contributed by atoms with E-state index < -0.39 is 6.10 Å². The van der Waals surface area contributed by atoms with Gasteiger partial charge in [-0.05, 0) is 24.5 Å². The molecule has 0 bridgehead atoms. The molecule has 25 heavy (non-hydrogen) atoms. The highest BCUT2D eigenvalue weighted by Gasteiger charge is 2.29. The van der Waals surface area contributed by atoms with Crippen LogP contribution in [0.4, 0.5) is 5.95 Å². The minimum absolute atomic E-state index is 0.0219. The second-order valence-electron chi connectivity index (χ2n) is 6.20. The Balaban J connectivity index is 1.49. The number of ether oxygens (including phenoxy) is 1. The topological polar surface area (TPSA) is 58.6 Å². The van der Waals surface area contributed by atoms with Crippen molar-refractivity contribution in [3.8, 4) is 0 Å². The summed E-state index contributed by atoms with van der Waals surface area (Å²) in [5, 5.41) is 0. The number of aromatic nitrogens is 2. The summed E-state index contributed by atoms with van der Waals surface area (Å²) >= 11 is 0. The van der Waals surface area contributed by atoms with Crippen LogP contribution in [0.2, 0.25) is 0 Å². The number of nitrogens with zero attached hydrogens (tertiary/aromatic N) is 4. The van der Waals surface area contributed by atoms with Crippen molar-refractivity contribution in [2.45, 2.75) is 18.9 Å². The van der Waals surface area contributed by atoms with Crippen LogP contribution >= 0.6 is 0 Å². The van der Waals surface area contributed by atoms with Crippen molar-refractivity contribution < 1.29 is 9.53 Å². The van der Waals surface area contributed by atoms with Crippen molar-refractivity contribution in [2.75, 3.05) is 38.2 Å². The third-order valence-electron chi connectivity index (χ3n) is 4.35. The van der Waals surface area contributed by atoms with Gasteiger partial charge in [0.15, 0.2) is 6.10 Å². The number of carbonyl (C=O) groups excluding carboxylic acids is 1. The zero-order valence-corrected chi connectivity index (χ0v) is 14.5. The van der Waals surface area contributed by atoms with E-state index in [0.717, 1.165) is 19.4 Å². The summed E-state index contributed by atoms with van der Waals surface area (Å²) in [6, 6.07) is 12.1. The number of hydrogen-bond donors (Lipinski definition) is 0. The van der Waals surface area contributed by atoms with Crippen LogP contribution in [0.3, 0.4) is 0 Å². The van der Waals surface area contributed by atoms with Crippen LogP contribution in [0.1, 0.15) is 12.0 Å². The average Bonchev–Trinajstić information content (AvgIpc) is 2.69. The molecule has 3 rings (SSSR count). The molecular weight excluding hydrogens is 316 g/mol. The van der Waals surface area contributed by atoms with Gasteiger partial charge in [-0.3, -0.25) is 4.79 Å². The predicted octanol–water partition coefficient (Wildman–Crippen LogP) is 1.77. The van der Waals surface area contributed by atoms with Gasteiger partial charge in [0.25, 0.3) is 5.91 Å². The van der Waals surface area contributed by atoms with Gasteiger partial charge < -0.3 is 14.5 Å². The fourth-order valence-corrected chi connectivity index (χ4v) is 2.96. The summed E-state index contributed by atoms with van der Waals surface area (Å²) in [5.74, 6) is 0.670. The molecule has 1 saturated heterocycles. The fraction of sp³-hybridized carbons (Fsp3) is 0.421. The second-order valence-corrected chi connectivity index (χ2v) is 6.20. The van der Waals surface area contributed by atoms with E-state index in [1.54, 1.807) is 23.4 Å². The van der Waals surface area contributed by atoms with E-state index in [9.17, 15) is 4.79 Å². The van der Waals surface area contributed by atoms with Crippen LogP contribution < -0.4 is 4.90 Å². The molecule has 1 aromatic carbocycles. The van der Waals surface area contributed by atoms with Gasteiger partial charge in [0, 0.05) is 32.5 Å². The van der Waals surface area contributed by atoms with E-state index in [2.05, 4.69) is 22.1 Å². The Bertz CT molecular complexity index is 666. The summed E-state index contributed by atoms with van der Waals surface area (Å²) in [5.41, 5.74) is 1.30. The molecule has 0 N–H and O–H groups in total. The number of amides is 1. The monoisotopic (exact) mass is 340 g/mol. The van der Waals surface area contributed by atoms with Crippen molar-refractivity contribution in [3.05, 3.63) is 54.4 Å². The third-order valence-corrected chi connectivity index (χ3v) is 4.35. The van der Waals surface area contributed by atoms with Gasteiger partial charge in [0.2, 0.25) is 5.95 Å². The first-order valence-electron chi connectivity index (χ1n) is 8.66. The lowest BCUT2D eigenvalue weighted by molar-refractivity contribution is -0.143. The zero-order chi connectivity index (χ0) is 17.5. The van der Waals surface area contributed by atoms with Crippen molar-refractivity contribution in [2.24, 2.45) is 0 Å². The molecule has 0 saturated carbocycles. The van der Waals surface area contributed by atoms with E-state index >= 15 is 0 Å². The van der Waals surface area contributed by atoms with Crippen LogP contribution in [0.25, 0.3) is 0 Å². The zero-order valence-electron chi connectivity index (χ0n) is 14.5. The van der Waals surface area contributed by atoms with E-state index in [1.807, 2.05) is 30.1 Å². The minimum atomic E-state index is -0.459. The highest BCUT2D eigenvalue weighted by atomic mass is 16.5. The number of rotatable bonds is 6. The number of aryl methyl sites for hydroxylation is 1. The molecule has 0 spiro atoms. The number of hydrogen-bond acceptors (Lipinski definition) is 5. The van der Waals surface area contributed by atoms with Gasteiger partial charge in [-0.25, -0.2) is 9.97 Å². The first-order chi connectivity index (χ1) is 12.2. The van der Waals surface area contributed by atoms with Gasteiger partial charge in [-0.2, -0.15) is 0 Å². The van der Waals surface area contributed by atoms with Crippen molar-refractivity contribution in [1.29, 1.82) is 0 Å². The third kappa shape index (κ3) is 4.76. The van der Waals surface area contributed by atoms with Crippen LogP contribution in [0, 0.1) is 0 Å². The van der Waals surface area contributed by atoms with E-state index in [-0.39, 0.29) is 5.91 Å². The molecule has 6 heteroatoms. The largest absolute Gasteiger partial charge is 0.365 e. The Morgan fingerprint density at radius 2 is 2.00 bits per heavy atom. The normalized spacial score (nSPS) is 17.3. The summed E-state index contributed by atoms with van der Waals surface area (Å²) in [6.45, 7) is 2.42. The maximum atomic E-state index is 12.7. The molecule has 0 unspecified atom stereocenters. The minimum Gasteiger partial charge on any atom is -0.365 e. The highest BCUT2D eigenvalue weighted by molar-refractivity contribution is 5.81. The van der Waals surface area contributed by atoms with E-state index in [4.69, 9.17) is 4.74 Å². The van der Waals surface area contributed by atoms with Crippen LogP contribution in [0.5, 0.6) is 0 Å². The SMILES string of the molecule is CN(CCCc1ccccc1)C(=O)[C@H]1CN(c2ncccn2)CCO1. The molecule has 1 amide bonds. The molecule has 132 valence electrons. The molecule has 0 aliphatic carbocycles. The number of morpholine rings is 1. The molecule has 1 atom stereocenters. The molecule has 0 radical (unpaired) electrons. The molecule has 1 fully saturated rings. The van der Waals surface area contributed by atoms with Gasteiger partial charge >= 0.3 is 0 Å². The number of anilines is 1. The van der Waals surface area contributed by atoms with Gasteiger partial charge in [0.05, 0.1) is 13.2 Å². The molecule has 1 aliphatic rings. The lowest BCUT2D eigenvalue weighted by Crippen LogP contribution is -2.50. The Labute approximate surface area is 148 Å². The fourth-order valence-electron chi connectivity index (χ4n) is 2.96. The Morgan fingerprint density at radius 3 is 2.76 bits per heavy atom. The molecule has 2 aromatic rings. The van der Waals surface area contributed by atoms with Crippen molar-refractivity contribution in [3.63, 3.8) is 0 Å². The van der Waals surface area contributed by atoms with Gasteiger partial charge in [-0.15, -0.1) is 0 Å². The molecular formula is C19H24N4O2. The second kappa shape index (κ2) is 8.58. The standard InChI is InChI=1S/C19H24N4O2/c1-22(12-5-9-16-7-3-2-4-8-16)18(24)17-15-23(13-14-25-17)19-20-10-6-11-21-19/h2-4,6-8,10-11,17H,5,9,12-15H2,1H3/t17-/m1/s1. The quantitative estimate of drug-likeness (QED) is 0.802. The molecule has 1 aliphatic heterocycles. The Morgan fingerprint density at radius 1 is 1.24 bits per heavy atom. The highest BCUT2D eigenvalue weighted by Crippen LogP contribution is 2.14.